The normalized spacial score (nSPS) is 31.3. The lowest BCUT2D eigenvalue weighted by atomic mass is 9.91. The third-order valence-corrected chi connectivity index (χ3v) is 4.92. The molecule has 11 heteroatoms. The van der Waals surface area contributed by atoms with Gasteiger partial charge in [-0.2, -0.15) is 0 Å². The summed E-state index contributed by atoms with van der Waals surface area (Å²) < 4.78 is 45.2. The molecule has 1 aromatic heterocycles. The summed E-state index contributed by atoms with van der Waals surface area (Å²) in [4.78, 5) is 11.5. The van der Waals surface area contributed by atoms with E-state index >= 15 is 0 Å². The topological polar surface area (TPSA) is 116 Å². The van der Waals surface area contributed by atoms with Gasteiger partial charge in [0, 0.05) is 11.6 Å². The zero-order valence-corrected chi connectivity index (χ0v) is 15.5. The fraction of sp³-hybridized carbons (Fsp3) is 0.500. The Kier molecular flexibility index (Phi) is 4.85. The van der Waals surface area contributed by atoms with Crippen LogP contribution in [0.3, 0.4) is 0 Å². The van der Waals surface area contributed by atoms with E-state index in [1.54, 1.807) is 13.8 Å². The number of benzene rings is 1. The molecule has 3 heterocycles. The summed E-state index contributed by atoms with van der Waals surface area (Å²) >= 11 is 0. The van der Waals surface area contributed by atoms with Crippen molar-refractivity contribution in [2.24, 2.45) is 0 Å². The molecule has 2 aliphatic rings. The van der Waals surface area contributed by atoms with Crippen molar-refractivity contribution in [3.8, 4) is 11.3 Å². The summed E-state index contributed by atoms with van der Waals surface area (Å²) in [6.07, 6.45) is -3.23. The maximum atomic E-state index is 13.5. The second-order valence-electron chi connectivity index (χ2n) is 7.45. The van der Waals surface area contributed by atoms with Gasteiger partial charge in [0.15, 0.2) is 11.9 Å². The van der Waals surface area contributed by atoms with Crippen molar-refractivity contribution in [3.63, 3.8) is 0 Å². The van der Waals surface area contributed by atoms with Crippen molar-refractivity contribution >= 4 is 5.97 Å². The Morgan fingerprint density at radius 2 is 1.97 bits per heavy atom. The third-order valence-electron chi connectivity index (χ3n) is 4.92. The Bertz CT molecular complexity index is 916. The summed E-state index contributed by atoms with van der Waals surface area (Å²) in [5, 5.41) is 28.0. The molecule has 1 aromatic carbocycles. The van der Waals surface area contributed by atoms with Gasteiger partial charge in [-0.25, -0.2) is 18.3 Å². The minimum absolute atomic E-state index is 0.0569. The predicted molar refractivity (Wildman–Crippen MR) is 91.6 cm³/mol. The molecule has 0 amide bonds. The van der Waals surface area contributed by atoms with Crippen LogP contribution in [0.1, 0.15) is 19.9 Å². The summed E-state index contributed by atoms with van der Waals surface area (Å²) in [5.74, 6) is -3.89. The zero-order valence-electron chi connectivity index (χ0n) is 15.5. The van der Waals surface area contributed by atoms with Gasteiger partial charge in [0.2, 0.25) is 0 Å². The number of rotatable bonds is 3. The van der Waals surface area contributed by atoms with Crippen LogP contribution in [-0.4, -0.2) is 68.0 Å². The predicted octanol–water partition coefficient (Wildman–Crippen LogP) is 1.13. The molecule has 9 nitrogen and oxygen atoms in total. The molecular formula is C18H19F2N3O6. The monoisotopic (exact) mass is 411 g/mol. The fourth-order valence-corrected chi connectivity index (χ4v) is 3.63. The van der Waals surface area contributed by atoms with Crippen LogP contribution in [-0.2, 0) is 19.0 Å². The van der Waals surface area contributed by atoms with Crippen molar-refractivity contribution in [2.45, 2.75) is 50.1 Å². The maximum absolute atomic E-state index is 13.5. The second kappa shape index (κ2) is 7.10. The number of carboxylic acid groups (broad SMARTS) is 1. The first kappa shape index (κ1) is 19.8. The van der Waals surface area contributed by atoms with Gasteiger partial charge in [0.05, 0.1) is 12.8 Å². The number of aliphatic hydroxyl groups excluding tert-OH is 1. The first-order chi connectivity index (χ1) is 13.6. The summed E-state index contributed by atoms with van der Waals surface area (Å²) in [7, 11) is 0. The number of fused-ring (bicyclic) bond motifs is 1. The van der Waals surface area contributed by atoms with Crippen molar-refractivity contribution in [1.29, 1.82) is 0 Å². The number of aromatic nitrogens is 3. The molecule has 0 bridgehead atoms. The number of hydrogen-bond acceptors (Lipinski definition) is 7. The Hall–Kier alpha value is -2.47. The van der Waals surface area contributed by atoms with Crippen molar-refractivity contribution in [3.05, 3.63) is 36.0 Å². The lowest BCUT2D eigenvalue weighted by molar-refractivity contribution is -0.346. The van der Waals surface area contributed by atoms with Crippen LogP contribution in [0.5, 0.6) is 0 Å². The van der Waals surface area contributed by atoms with Crippen LogP contribution < -0.4 is 0 Å². The van der Waals surface area contributed by atoms with Gasteiger partial charge in [-0.1, -0.05) is 5.21 Å². The van der Waals surface area contributed by atoms with E-state index in [2.05, 4.69) is 10.3 Å². The Morgan fingerprint density at radius 1 is 1.28 bits per heavy atom. The summed E-state index contributed by atoms with van der Waals surface area (Å²) in [6, 6.07) is 1.94. The molecule has 0 radical (unpaired) electrons. The molecule has 29 heavy (non-hydrogen) atoms. The smallest absolute Gasteiger partial charge is 0.335 e. The summed E-state index contributed by atoms with van der Waals surface area (Å²) in [5.41, 5.74) is 0.298. The Labute approximate surface area is 163 Å². The number of aliphatic carboxylic acids is 1. The quantitative estimate of drug-likeness (QED) is 0.772. The highest BCUT2D eigenvalue weighted by Gasteiger charge is 2.54. The lowest BCUT2D eigenvalue weighted by Gasteiger charge is -2.49. The van der Waals surface area contributed by atoms with E-state index in [0.717, 1.165) is 18.2 Å². The highest BCUT2D eigenvalue weighted by atomic mass is 19.1. The molecule has 5 atom stereocenters. The molecule has 2 N–H and O–H groups in total. The summed E-state index contributed by atoms with van der Waals surface area (Å²) in [6.45, 7) is 3.41. The molecular weight excluding hydrogens is 392 g/mol. The van der Waals surface area contributed by atoms with E-state index in [0.29, 0.717) is 0 Å². The number of aliphatic hydroxyl groups is 1. The number of carboxylic acids is 1. The van der Waals surface area contributed by atoms with E-state index in [4.69, 9.17) is 14.2 Å². The Morgan fingerprint density at radius 3 is 2.62 bits per heavy atom. The molecule has 0 aliphatic carbocycles. The van der Waals surface area contributed by atoms with Gasteiger partial charge in [-0.15, -0.1) is 5.10 Å². The molecule has 0 spiro atoms. The highest BCUT2D eigenvalue weighted by molar-refractivity contribution is 5.73. The van der Waals surface area contributed by atoms with Crippen molar-refractivity contribution in [2.75, 3.05) is 6.61 Å². The van der Waals surface area contributed by atoms with E-state index in [-0.39, 0.29) is 17.9 Å². The number of halogens is 2. The standard InChI is InChI=1S/C18H19F2N3O6/c1-18(2)27-7-12-15(29-18)13(14(24)16(28-12)17(25)26)23-6-11(21-22-23)8-3-9(19)5-10(20)4-8/h3-6,12-16,24H,7H2,1-2H3,(H,25,26)/t12-,13-,14-,15+,16-/m1/s1. The largest absolute Gasteiger partial charge is 0.479 e. The molecule has 156 valence electrons. The van der Waals surface area contributed by atoms with Gasteiger partial charge >= 0.3 is 5.97 Å². The van der Waals surface area contributed by atoms with Crippen LogP contribution in [0.4, 0.5) is 8.78 Å². The first-order valence-corrected chi connectivity index (χ1v) is 8.91. The van der Waals surface area contributed by atoms with Gasteiger partial charge in [-0.3, -0.25) is 0 Å². The fourth-order valence-electron chi connectivity index (χ4n) is 3.63. The van der Waals surface area contributed by atoms with Gasteiger partial charge in [0.1, 0.15) is 41.7 Å². The molecule has 2 aromatic rings. The van der Waals surface area contributed by atoms with E-state index in [9.17, 15) is 23.8 Å². The van der Waals surface area contributed by atoms with Crippen LogP contribution in [0, 0.1) is 11.6 Å². The number of ether oxygens (including phenoxy) is 3. The third kappa shape index (κ3) is 3.73. The molecule has 2 saturated heterocycles. The molecule has 2 fully saturated rings. The molecule has 0 unspecified atom stereocenters. The number of hydrogen-bond donors (Lipinski definition) is 2. The van der Waals surface area contributed by atoms with E-state index in [1.807, 2.05) is 0 Å². The van der Waals surface area contributed by atoms with Crippen molar-refractivity contribution < 1.29 is 38.0 Å². The first-order valence-electron chi connectivity index (χ1n) is 8.91. The van der Waals surface area contributed by atoms with E-state index in [1.165, 1.54) is 10.9 Å². The van der Waals surface area contributed by atoms with Crippen LogP contribution in [0.25, 0.3) is 11.3 Å². The molecule has 2 aliphatic heterocycles. The minimum atomic E-state index is -1.53. The zero-order chi connectivity index (χ0) is 20.9. The van der Waals surface area contributed by atoms with Crippen molar-refractivity contribution in [1.82, 2.24) is 15.0 Å². The average molecular weight is 411 g/mol. The second-order valence-corrected chi connectivity index (χ2v) is 7.45. The van der Waals surface area contributed by atoms with Gasteiger partial charge in [0.25, 0.3) is 0 Å². The maximum Gasteiger partial charge on any atom is 0.335 e. The lowest BCUT2D eigenvalue weighted by Crippen LogP contribution is -2.63. The minimum Gasteiger partial charge on any atom is -0.479 e. The van der Waals surface area contributed by atoms with Crippen LogP contribution >= 0.6 is 0 Å². The van der Waals surface area contributed by atoms with Gasteiger partial charge < -0.3 is 24.4 Å². The highest BCUT2D eigenvalue weighted by Crippen LogP contribution is 2.38. The number of nitrogens with zero attached hydrogens (tertiary/aromatic N) is 3. The van der Waals surface area contributed by atoms with Gasteiger partial charge in [-0.05, 0) is 26.0 Å². The Balaban J connectivity index is 1.72. The average Bonchev–Trinajstić information content (AvgIpc) is 3.09. The number of carbonyl (C=O) groups is 1. The van der Waals surface area contributed by atoms with E-state index < -0.39 is 53.8 Å². The van der Waals surface area contributed by atoms with Crippen LogP contribution in [0.2, 0.25) is 0 Å². The van der Waals surface area contributed by atoms with Crippen LogP contribution in [0.15, 0.2) is 24.4 Å². The molecule has 0 saturated carbocycles. The molecule has 4 rings (SSSR count). The SMILES string of the molecule is CC1(C)OC[C@H]2O[C@@H](C(=O)O)[C@H](O)[C@@H](n3cc(-c4cc(F)cc(F)c4)nn3)[C@H]2O1.